The van der Waals surface area contributed by atoms with Crippen LogP contribution in [0.2, 0.25) is 0 Å². The number of carbonyl (C=O) groups is 1. The molecule has 1 aromatic heterocycles. The van der Waals surface area contributed by atoms with E-state index < -0.39 is 6.10 Å². The number of rotatable bonds is 7. The van der Waals surface area contributed by atoms with Crippen LogP contribution in [0.15, 0.2) is 36.7 Å². The van der Waals surface area contributed by atoms with Crippen LogP contribution < -0.4 is 10.1 Å². The molecule has 0 bridgehead atoms. The van der Waals surface area contributed by atoms with Gasteiger partial charge in [-0.3, -0.25) is 4.79 Å². The number of nitrogens with zero attached hydrogens (tertiary/aromatic N) is 4. The molecule has 1 amide bonds. The highest BCUT2D eigenvalue weighted by molar-refractivity contribution is 5.80. The van der Waals surface area contributed by atoms with Crippen molar-refractivity contribution in [2.24, 2.45) is 0 Å². The highest BCUT2D eigenvalue weighted by Crippen LogP contribution is 2.09. The topological polar surface area (TPSA) is 72.3 Å². The zero-order chi connectivity index (χ0) is 15.9. The molecule has 0 fully saturated rings. The average Bonchev–Trinajstić information content (AvgIpc) is 2.96. The molecule has 0 spiro atoms. The summed E-state index contributed by atoms with van der Waals surface area (Å²) in [5, 5.41) is 7.01. The Balaban J connectivity index is 1.88. The SMILES string of the molecule is CC(Oc1ncn(-c2ccccc2)n1)C(=O)NCCN(C)C. The normalized spacial score (nSPS) is 12.2. The maximum atomic E-state index is 11.9. The number of para-hydroxylation sites is 1. The van der Waals surface area contributed by atoms with Gasteiger partial charge in [-0.05, 0) is 33.2 Å². The molecule has 0 aliphatic carbocycles. The molecule has 1 N–H and O–H groups in total. The quantitative estimate of drug-likeness (QED) is 0.815. The van der Waals surface area contributed by atoms with Crippen LogP contribution in [0.25, 0.3) is 5.69 Å². The Morgan fingerprint density at radius 3 is 2.77 bits per heavy atom. The minimum absolute atomic E-state index is 0.180. The molecule has 1 heterocycles. The van der Waals surface area contributed by atoms with Crippen LogP contribution in [0.3, 0.4) is 0 Å². The Morgan fingerprint density at radius 2 is 2.09 bits per heavy atom. The summed E-state index contributed by atoms with van der Waals surface area (Å²) in [6.45, 7) is 3.03. The van der Waals surface area contributed by atoms with Gasteiger partial charge in [-0.2, -0.15) is 4.98 Å². The number of ether oxygens (including phenoxy) is 1. The molecule has 1 atom stereocenters. The largest absolute Gasteiger partial charge is 0.449 e. The average molecular weight is 303 g/mol. The molecule has 118 valence electrons. The Labute approximate surface area is 129 Å². The van der Waals surface area contributed by atoms with Crippen molar-refractivity contribution >= 4 is 5.91 Å². The second-order valence-electron chi connectivity index (χ2n) is 5.16. The lowest BCUT2D eigenvalue weighted by atomic mass is 10.3. The van der Waals surface area contributed by atoms with E-state index in [-0.39, 0.29) is 11.9 Å². The van der Waals surface area contributed by atoms with Gasteiger partial charge in [0.05, 0.1) is 5.69 Å². The van der Waals surface area contributed by atoms with Crippen molar-refractivity contribution in [1.82, 2.24) is 25.0 Å². The van der Waals surface area contributed by atoms with Crippen molar-refractivity contribution in [2.75, 3.05) is 27.2 Å². The van der Waals surface area contributed by atoms with E-state index >= 15 is 0 Å². The van der Waals surface area contributed by atoms with E-state index in [9.17, 15) is 4.79 Å². The van der Waals surface area contributed by atoms with E-state index in [1.807, 2.05) is 49.3 Å². The lowest BCUT2D eigenvalue weighted by molar-refractivity contribution is -0.127. The van der Waals surface area contributed by atoms with Crippen LogP contribution in [0, 0.1) is 0 Å². The van der Waals surface area contributed by atoms with Crippen molar-refractivity contribution in [2.45, 2.75) is 13.0 Å². The number of hydrogen-bond donors (Lipinski definition) is 1. The van der Waals surface area contributed by atoms with Gasteiger partial charge in [0.2, 0.25) is 0 Å². The number of aromatic nitrogens is 3. The molecule has 0 aliphatic heterocycles. The summed E-state index contributed by atoms with van der Waals surface area (Å²) >= 11 is 0. The van der Waals surface area contributed by atoms with Gasteiger partial charge in [0.15, 0.2) is 6.10 Å². The zero-order valence-electron chi connectivity index (χ0n) is 13.1. The minimum atomic E-state index is -0.645. The van der Waals surface area contributed by atoms with E-state index in [2.05, 4.69) is 15.4 Å². The van der Waals surface area contributed by atoms with Crippen LogP contribution in [0.5, 0.6) is 6.01 Å². The number of likely N-dealkylation sites (N-methyl/N-ethyl adjacent to an activating group) is 1. The Morgan fingerprint density at radius 1 is 1.36 bits per heavy atom. The van der Waals surface area contributed by atoms with E-state index in [0.717, 1.165) is 12.2 Å². The van der Waals surface area contributed by atoms with E-state index in [0.29, 0.717) is 6.54 Å². The Kier molecular flexibility index (Phi) is 5.48. The van der Waals surface area contributed by atoms with Crippen LogP contribution >= 0.6 is 0 Å². The molecular formula is C15H21N5O2. The number of carbonyl (C=O) groups excluding carboxylic acids is 1. The van der Waals surface area contributed by atoms with Crippen LogP contribution in [-0.2, 0) is 4.79 Å². The van der Waals surface area contributed by atoms with Gasteiger partial charge in [0.25, 0.3) is 5.91 Å². The van der Waals surface area contributed by atoms with Crippen molar-refractivity contribution in [3.8, 4) is 11.7 Å². The van der Waals surface area contributed by atoms with Crippen molar-refractivity contribution in [1.29, 1.82) is 0 Å². The van der Waals surface area contributed by atoms with E-state index in [1.165, 1.54) is 0 Å². The fourth-order valence-corrected chi connectivity index (χ4v) is 1.77. The van der Waals surface area contributed by atoms with Gasteiger partial charge < -0.3 is 15.0 Å². The summed E-state index contributed by atoms with van der Waals surface area (Å²) in [6, 6.07) is 9.76. The minimum Gasteiger partial charge on any atom is -0.449 e. The predicted molar refractivity (Wildman–Crippen MR) is 83.0 cm³/mol. The molecule has 22 heavy (non-hydrogen) atoms. The van der Waals surface area contributed by atoms with Crippen LogP contribution in [0.1, 0.15) is 6.92 Å². The van der Waals surface area contributed by atoms with Gasteiger partial charge in [0, 0.05) is 13.1 Å². The fourth-order valence-electron chi connectivity index (χ4n) is 1.77. The maximum absolute atomic E-state index is 11.9. The smallest absolute Gasteiger partial charge is 0.336 e. The second kappa shape index (κ2) is 7.56. The van der Waals surface area contributed by atoms with Gasteiger partial charge >= 0.3 is 6.01 Å². The lowest BCUT2D eigenvalue weighted by Gasteiger charge is -2.14. The monoisotopic (exact) mass is 303 g/mol. The zero-order valence-corrected chi connectivity index (χ0v) is 13.1. The summed E-state index contributed by atoms with van der Waals surface area (Å²) in [5.41, 5.74) is 0.882. The molecular weight excluding hydrogens is 282 g/mol. The van der Waals surface area contributed by atoms with Crippen LogP contribution in [0.4, 0.5) is 0 Å². The number of amides is 1. The van der Waals surface area contributed by atoms with Gasteiger partial charge in [-0.15, -0.1) is 5.10 Å². The lowest BCUT2D eigenvalue weighted by Crippen LogP contribution is -2.39. The summed E-state index contributed by atoms with van der Waals surface area (Å²) in [4.78, 5) is 17.9. The first-order valence-corrected chi connectivity index (χ1v) is 7.12. The second-order valence-corrected chi connectivity index (χ2v) is 5.16. The highest BCUT2D eigenvalue weighted by atomic mass is 16.5. The number of benzene rings is 1. The van der Waals surface area contributed by atoms with Crippen molar-refractivity contribution in [3.63, 3.8) is 0 Å². The highest BCUT2D eigenvalue weighted by Gasteiger charge is 2.16. The standard InChI is InChI=1S/C15H21N5O2/c1-12(14(21)16-9-10-19(2)3)22-15-17-11-20(18-15)13-7-5-4-6-8-13/h4-8,11-12H,9-10H2,1-3H3,(H,16,21). The van der Waals surface area contributed by atoms with Gasteiger partial charge in [-0.25, -0.2) is 4.68 Å². The van der Waals surface area contributed by atoms with Gasteiger partial charge in [-0.1, -0.05) is 18.2 Å². The first-order valence-electron chi connectivity index (χ1n) is 7.12. The Hall–Kier alpha value is -2.41. The van der Waals surface area contributed by atoms with E-state index in [1.54, 1.807) is 17.9 Å². The molecule has 1 aromatic carbocycles. The van der Waals surface area contributed by atoms with E-state index in [4.69, 9.17) is 4.74 Å². The molecule has 7 nitrogen and oxygen atoms in total. The maximum Gasteiger partial charge on any atom is 0.336 e. The fraction of sp³-hybridized carbons (Fsp3) is 0.400. The van der Waals surface area contributed by atoms with Crippen molar-refractivity contribution < 1.29 is 9.53 Å². The molecule has 0 aliphatic rings. The molecule has 0 saturated carbocycles. The predicted octanol–water partition coefficient (Wildman–Crippen LogP) is 0.712. The molecule has 1 unspecified atom stereocenters. The first kappa shape index (κ1) is 16.0. The summed E-state index contributed by atoms with van der Waals surface area (Å²) < 4.78 is 7.07. The molecule has 2 aromatic rings. The molecule has 7 heteroatoms. The first-order chi connectivity index (χ1) is 10.6. The molecule has 2 rings (SSSR count). The van der Waals surface area contributed by atoms with Gasteiger partial charge in [0.1, 0.15) is 6.33 Å². The third-order valence-electron chi connectivity index (χ3n) is 3.00. The summed E-state index contributed by atoms with van der Waals surface area (Å²) in [6.07, 6.45) is 0.912. The molecule has 0 radical (unpaired) electrons. The summed E-state index contributed by atoms with van der Waals surface area (Å²) in [7, 11) is 3.90. The third kappa shape index (κ3) is 4.56. The number of nitrogens with one attached hydrogen (secondary N) is 1. The summed E-state index contributed by atoms with van der Waals surface area (Å²) in [5.74, 6) is -0.182. The van der Waals surface area contributed by atoms with Crippen molar-refractivity contribution in [3.05, 3.63) is 36.7 Å². The van der Waals surface area contributed by atoms with Crippen LogP contribution in [-0.4, -0.2) is 58.9 Å². The molecule has 0 saturated heterocycles. The Bertz CT molecular complexity index is 597. The third-order valence-corrected chi connectivity index (χ3v) is 3.00. The number of hydrogen-bond acceptors (Lipinski definition) is 5.